The summed E-state index contributed by atoms with van der Waals surface area (Å²) in [5.74, 6) is -0.555. The van der Waals surface area contributed by atoms with Gasteiger partial charge in [-0.1, -0.05) is 0 Å². The van der Waals surface area contributed by atoms with Crippen LogP contribution < -0.4 is 5.73 Å². The van der Waals surface area contributed by atoms with Gasteiger partial charge < -0.3 is 10.3 Å². The van der Waals surface area contributed by atoms with Gasteiger partial charge in [-0.25, -0.2) is 4.39 Å². The summed E-state index contributed by atoms with van der Waals surface area (Å²) in [5, 5.41) is 0.273. The maximum atomic E-state index is 13.2. The maximum Gasteiger partial charge on any atom is 0.431 e. The molecule has 2 rings (SSSR count). The zero-order valence-corrected chi connectivity index (χ0v) is 9.68. The van der Waals surface area contributed by atoms with Gasteiger partial charge in [-0.15, -0.1) is 0 Å². The van der Waals surface area contributed by atoms with E-state index in [1.807, 2.05) is 0 Å². The molecule has 6 heteroatoms. The molecule has 1 aromatic carbocycles. The van der Waals surface area contributed by atoms with Crippen molar-refractivity contribution in [2.45, 2.75) is 12.6 Å². The Morgan fingerprint density at radius 1 is 1.28 bits per heavy atom. The minimum Gasteiger partial charge on any atom is -0.340 e. The molecule has 2 N–H and O–H groups in total. The third kappa shape index (κ3) is 1.96. The molecule has 1 heterocycles. The molecule has 0 unspecified atom stereocenters. The summed E-state index contributed by atoms with van der Waals surface area (Å²) in [4.78, 5) is 0. The number of nitrogens with zero attached hydrogens (tertiary/aromatic N) is 1. The predicted octanol–water partition coefficient (Wildman–Crippen LogP) is 2.84. The van der Waals surface area contributed by atoms with Gasteiger partial charge in [-0.3, -0.25) is 0 Å². The molecule has 2 nitrogen and oxygen atoms in total. The number of rotatable bonds is 2. The second-order valence-electron chi connectivity index (χ2n) is 4.08. The Kier molecular flexibility index (Phi) is 3.06. The van der Waals surface area contributed by atoms with Gasteiger partial charge in [0.2, 0.25) is 0 Å². The van der Waals surface area contributed by atoms with Crippen LogP contribution in [0.25, 0.3) is 10.9 Å². The smallest absolute Gasteiger partial charge is 0.340 e. The van der Waals surface area contributed by atoms with Crippen molar-refractivity contribution in [1.29, 1.82) is 0 Å². The molecule has 2 aromatic rings. The van der Waals surface area contributed by atoms with Crippen LogP contribution >= 0.6 is 0 Å². The number of hydrogen-bond acceptors (Lipinski definition) is 1. The van der Waals surface area contributed by atoms with Crippen LogP contribution in [0.1, 0.15) is 11.3 Å². The molecule has 0 atom stereocenters. The van der Waals surface area contributed by atoms with Crippen molar-refractivity contribution in [3.8, 4) is 0 Å². The van der Waals surface area contributed by atoms with Crippen LogP contribution in [0.3, 0.4) is 0 Å². The molecule has 18 heavy (non-hydrogen) atoms. The van der Waals surface area contributed by atoms with E-state index < -0.39 is 17.7 Å². The Bertz CT molecular complexity index is 584. The average molecular weight is 260 g/mol. The van der Waals surface area contributed by atoms with Gasteiger partial charge in [-0.05, 0) is 36.7 Å². The van der Waals surface area contributed by atoms with Crippen LogP contribution in [-0.2, 0) is 19.6 Å². The lowest BCUT2D eigenvalue weighted by Crippen LogP contribution is -2.15. The zero-order chi connectivity index (χ0) is 13.5. The van der Waals surface area contributed by atoms with Crippen LogP contribution in [0.2, 0.25) is 0 Å². The third-order valence-corrected chi connectivity index (χ3v) is 2.93. The summed E-state index contributed by atoms with van der Waals surface area (Å²) >= 11 is 0. The summed E-state index contributed by atoms with van der Waals surface area (Å²) in [6.07, 6.45) is -4.41. The van der Waals surface area contributed by atoms with Gasteiger partial charge in [0.25, 0.3) is 0 Å². The Labute approximate surface area is 101 Å². The van der Waals surface area contributed by atoms with Crippen molar-refractivity contribution in [1.82, 2.24) is 4.57 Å². The molecule has 0 amide bonds. The lowest BCUT2D eigenvalue weighted by atomic mass is 10.1. The molecule has 0 radical (unpaired) electrons. The topological polar surface area (TPSA) is 30.9 Å². The van der Waals surface area contributed by atoms with Gasteiger partial charge >= 0.3 is 6.18 Å². The second-order valence-corrected chi connectivity index (χ2v) is 4.08. The van der Waals surface area contributed by atoms with E-state index in [4.69, 9.17) is 5.73 Å². The van der Waals surface area contributed by atoms with Gasteiger partial charge in [0.05, 0.1) is 0 Å². The molecule has 0 bridgehead atoms. The second kappa shape index (κ2) is 4.28. The number of aromatic nitrogens is 1. The van der Waals surface area contributed by atoms with Crippen LogP contribution in [-0.4, -0.2) is 11.1 Å². The first-order valence-electron chi connectivity index (χ1n) is 5.40. The first-order chi connectivity index (χ1) is 8.36. The van der Waals surface area contributed by atoms with Gasteiger partial charge in [0.15, 0.2) is 0 Å². The lowest BCUT2D eigenvalue weighted by Gasteiger charge is -2.10. The summed E-state index contributed by atoms with van der Waals surface area (Å²) in [6, 6.07) is 3.62. The van der Waals surface area contributed by atoms with E-state index in [0.717, 1.165) is 16.7 Å². The highest BCUT2D eigenvalue weighted by atomic mass is 19.4. The standard InChI is InChI=1S/C12H12F4N2/c1-18-10-3-2-7(13)6-9(10)8(4-5-17)11(18)12(14,15)16/h2-3,6H,4-5,17H2,1H3. The lowest BCUT2D eigenvalue weighted by molar-refractivity contribution is -0.143. The molecule has 0 saturated carbocycles. The van der Waals surface area contributed by atoms with Crippen LogP contribution in [0.4, 0.5) is 17.6 Å². The monoisotopic (exact) mass is 260 g/mol. The largest absolute Gasteiger partial charge is 0.431 e. The van der Waals surface area contributed by atoms with Crippen molar-refractivity contribution in [2.75, 3.05) is 6.54 Å². The molecule has 1 aromatic heterocycles. The van der Waals surface area contributed by atoms with Crippen molar-refractivity contribution in [3.05, 3.63) is 35.3 Å². The zero-order valence-electron chi connectivity index (χ0n) is 9.68. The fourth-order valence-electron chi connectivity index (χ4n) is 2.25. The Hall–Kier alpha value is -1.56. The number of aryl methyl sites for hydroxylation is 1. The molecular weight excluding hydrogens is 248 g/mol. The number of nitrogens with two attached hydrogens (primary N) is 1. The first kappa shape index (κ1) is 12.9. The highest BCUT2D eigenvalue weighted by Crippen LogP contribution is 2.37. The molecule has 0 aliphatic heterocycles. The van der Waals surface area contributed by atoms with Gasteiger partial charge in [0, 0.05) is 18.0 Å². The van der Waals surface area contributed by atoms with E-state index in [-0.39, 0.29) is 23.9 Å². The van der Waals surface area contributed by atoms with Crippen LogP contribution in [0, 0.1) is 5.82 Å². The van der Waals surface area contributed by atoms with Gasteiger partial charge in [0.1, 0.15) is 11.5 Å². The van der Waals surface area contributed by atoms with Crippen molar-refractivity contribution >= 4 is 10.9 Å². The number of hydrogen-bond donors (Lipinski definition) is 1. The SMILES string of the molecule is Cn1c(C(F)(F)F)c(CCN)c2cc(F)ccc21. The van der Waals surface area contributed by atoms with E-state index in [1.54, 1.807) is 0 Å². The molecular formula is C12H12F4N2. The van der Waals surface area contributed by atoms with Crippen LogP contribution in [0.5, 0.6) is 0 Å². The molecule has 0 saturated heterocycles. The van der Waals surface area contributed by atoms with E-state index >= 15 is 0 Å². The first-order valence-corrected chi connectivity index (χ1v) is 5.40. The number of fused-ring (bicyclic) bond motifs is 1. The minimum atomic E-state index is -4.48. The van der Waals surface area contributed by atoms with Crippen molar-refractivity contribution in [2.24, 2.45) is 12.8 Å². The third-order valence-electron chi connectivity index (χ3n) is 2.93. The van der Waals surface area contributed by atoms with E-state index in [1.165, 1.54) is 13.1 Å². The fourth-order valence-corrected chi connectivity index (χ4v) is 2.25. The predicted molar refractivity (Wildman–Crippen MR) is 60.6 cm³/mol. The maximum absolute atomic E-state index is 13.2. The molecule has 0 aliphatic rings. The Morgan fingerprint density at radius 2 is 1.94 bits per heavy atom. The quantitative estimate of drug-likeness (QED) is 0.827. The molecule has 98 valence electrons. The summed E-state index contributed by atoms with van der Waals surface area (Å²) in [5.41, 5.74) is 5.00. The van der Waals surface area contributed by atoms with E-state index in [0.29, 0.717) is 5.52 Å². The van der Waals surface area contributed by atoms with Crippen molar-refractivity contribution in [3.63, 3.8) is 0 Å². The number of alkyl halides is 3. The molecule has 0 aliphatic carbocycles. The van der Waals surface area contributed by atoms with E-state index in [2.05, 4.69) is 0 Å². The Balaban J connectivity index is 2.83. The van der Waals surface area contributed by atoms with Gasteiger partial charge in [-0.2, -0.15) is 13.2 Å². The highest BCUT2D eigenvalue weighted by molar-refractivity contribution is 5.86. The number of halogens is 4. The normalized spacial score (nSPS) is 12.3. The van der Waals surface area contributed by atoms with Crippen molar-refractivity contribution < 1.29 is 17.6 Å². The Morgan fingerprint density at radius 3 is 2.50 bits per heavy atom. The summed E-state index contributed by atoms with van der Waals surface area (Å²) < 4.78 is 53.3. The highest BCUT2D eigenvalue weighted by Gasteiger charge is 2.37. The number of benzene rings is 1. The minimum absolute atomic E-state index is 0.0574. The molecule has 0 spiro atoms. The van der Waals surface area contributed by atoms with E-state index in [9.17, 15) is 17.6 Å². The molecule has 0 fully saturated rings. The fraction of sp³-hybridized carbons (Fsp3) is 0.333. The van der Waals surface area contributed by atoms with Crippen LogP contribution in [0.15, 0.2) is 18.2 Å². The average Bonchev–Trinajstić information content (AvgIpc) is 2.52. The summed E-state index contributed by atoms with van der Waals surface area (Å²) in [7, 11) is 1.32. The summed E-state index contributed by atoms with van der Waals surface area (Å²) in [6.45, 7) is 0.0821.